The number of fused-ring (bicyclic) bond motifs is 3. The fourth-order valence-corrected chi connectivity index (χ4v) is 3.97. The second-order valence-corrected chi connectivity index (χ2v) is 7.31. The number of nitrogens with one attached hydrogen (secondary N) is 2. The number of ether oxygens (including phenoxy) is 1. The molecule has 8 nitrogen and oxygen atoms in total. The number of carboxylic acid groups (broad SMARTS) is 1. The molecule has 3 aromatic rings. The fourth-order valence-electron chi connectivity index (χ4n) is 3.69. The average molecular weight is 415 g/mol. The minimum Gasteiger partial charge on any atom is -0.497 e. The number of H-pyrrole nitrogens is 1. The van der Waals surface area contributed by atoms with Crippen LogP contribution in [0.1, 0.15) is 16.7 Å². The van der Waals surface area contributed by atoms with Crippen LogP contribution in [0.25, 0.3) is 10.9 Å². The summed E-state index contributed by atoms with van der Waals surface area (Å²) in [5, 5.41) is 19.8. The molecule has 0 saturated heterocycles. The zero-order valence-electron chi connectivity index (χ0n) is 15.6. The number of aromatic amines is 1. The zero-order valence-corrected chi connectivity index (χ0v) is 16.4. The van der Waals surface area contributed by atoms with Crippen LogP contribution in [0.3, 0.4) is 0 Å². The van der Waals surface area contributed by atoms with Gasteiger partial charge < -0.3 is 20.1 Å². The van der Waals surface area contributed by atoms with Crippen LogP contribution in [0, 0.1) is 0 Å². The molecule has 0 radical (unpaired) electrons. The van der Waals surface area contributed by atoms with E-state index in [1.54, 1.807) is 24.3 Å². The van der Waals surface area contributed by atoms with Crippen molar-refractivity contribution in [3.05, 3.63) is 58.2 Å². The molecule has 0 spiro atoms. The van der Waals surface area contributed by atoms with Gasteiger partial charge in [-0.2, -0.15) is 5.10 Å². The first kappa shape index (κ1) is 19.1. The summed E-state index contributed by atoms with van der Waals surface area (Å²) in [7, 11) is 1.59. The van der Waals surface area contributed by atoms with E-state index in [4.69, 9.17) is 16.3 Å². The number of methoxy groups -OCH3 is 1. The Kier molecular flexibility index (Phi) is 5.02. The first-order chi connectivity index (χ1) is 14.0. The number of benzene rings is 2. The van der Waals surface area contributed by atoms with Gasteiger partial charge in [0, 0.05) is 24.9 Å². The van der Waals surface area contributed by atoms with E-state index in [2.05, 4.69) is 15.5 Å². The molecule has 1 aliphatic rings. The van der Waals surface area contributed by atoms with Gasteiger partial charge >= 0.3 is 6.09 Å². The van der Waals surface area contributed by atoms with Crippen LogP contribution in [0.2, 0.25) is 5.02 Å². The van der Waals surface area contributed by atoms with Gasteiger partial charge in [0.1, 0.15) is 11.8 Å². The number of aromatic nitrogens is 2. The van der Waals surface area contributed by atoms with Crippen molar-refractivity contribution in [1.82, 2.24) is 20.4 Å². The second kappa shape index (κ2) is 7.63. The summed E-state index contributed by atoms with van der Waals surface area (Å²) in [5.41, 5.74) is 3.35. The van der Waals surface area contributed by atoms with Crippen molar-refractivity contribution < 1.29 is 19.4 Å². The van der Waals surface area contributed by atoms with Gasteiger partial charge in [0.2, 0.25) is 5.91 Å². The van der Waals surface area contributed by atoms with Crippen LogP contribution in [0.15, 0.2) is 36.5 Å². The smallest absolute Gasteiger partial charge is 0.405 e. The van der Waals surface area contributed by atoms with Crippen molar-refractivity contribution in [2.75, 3.05) is 7.11 Å². The van der Waals surface area contributed by atoms with Gasteiger partial charge in [-0.1, -0.05) is 23.7 Å². The molecule has 1 aromatic heterocycles. The summed E-state index contributed by atoms with van der Waals surface area (Å²) < 4.78 is 5.18. The van der Waals surface area contributed by atoms with Gasteiger partial charge in [0.25, 0.3) is 0 Å². The summed E-state index contributed by atoms with van der Waals surface area (Å²) in [6, 6.07) is 8.30. The Hall–Kier alpha value is -3.26. The van der Waals surface area contributed by atoms with Crippen molar-refractivity contribution in [2.24, 2.45) is 0 Å². The molecule has 9 heteroatoms. The molecular formula is C20H19ClN4O4. The highest BCUT2D eigenvalue weighted by Crippen LogP contribution is 2.32. The molecule has 3 N–H and O–H groups in total. The summed E-state index contributed by atoms with van der Waals surface area (Å²) in [5.74, 6) is 0.439. The lowest BCUT2D eigenvalue weighted by atomic mass is 9.99. The molecule has 1 unspecified atom stereocenters. The standard InChI is InChI=1S/C20H19ClN4O4/c1-29-13-4-2-11(3-5-13)9-25-10-15-12(7-17(19(25)26)23-20(27)28)6-16(21)18-14(15)8-22-24-18/h2-6,8,17,23H,7,9-10H2,1H3,(H,22,24)(H,27,28). The van der Waals surface area contributed by atoms with E-state index in [0.717, 1.165) is 27.8 Å². The fraction of sp³-hybridized carbons (Fsp3) is 0.250. The molecule has 4 rings (SSSR count). The van der Waals surface area contributed by atoms with Crippen LogP contribution in [0.4, 0.5) is 4.79 Å². The van der Waals surface area contributed by atoms with Gasteiger partial charge in [-0.05, 0) is 34.9 Å². The number of carbonyl (C=O) groups is 2. The average Bonchev–Trinajstić information content (AvgIpc) is 3.15. The summed E-state index contributed by atoms with van der Waals surface area (Å²) in [4.78, 5) is 26.1. The Balaban J connectivity index is 1.74. The van der Waals surface area contributed by atoms with Crippen LogP contribution < -0.4 is 10.1 Å². The molecule has 29 heavy (non-hydrogen) atoms. The minimum absolute atomic E-state index is 0.223. The number of rotatable bonds is 4. The van der Waals surface area contributed by atoms with Gasteiger partial charge in [-0.25, -0.2) is 4.79 Å². The highest BCUT2D eigenvalue weighted by Gasteiger charge is 2.32. The maximum absolute atomic E-state index is 13.2. The molecule has 150 valence electrons. The lowest BCUT2D eigenvalue weighted by Crippen LogP contribution is -2.47. The van der Waals surface area contributed by atoms with Crippen LogP contribution in [-0.2, 0) is 24.3 Å². The van der Waals surface area contributed by atoms with Gasteiger partial charge in [0.05, 0.1) is 23.8 Å². The Bertz CT molecular complexity index is 1080. The van der Waals surface area contributed by atoms with E-state index in [9.17, 15) is 14.7 Å². The van der Waals surface area contributed by atoms with Crippen LogP contribution >= 0.6 is 11.6 Å². The lowest BCUT2D eigenvalue weighted by Gasteiger charge is -2.24. The minimum atomic E-state index is -1.24. The number of amides is 2. The van der Waals surface area contributed by atoms with E-state index in [1.165, 1.54) is 0 Å². The molecule has 2 aromatic carbocycles. The molecular weight excluding hydrogens is 396 g/mol. The zero-order chi connectivity index (χ0) is 20.5. The first-order valence-electron chi connectivity index (χ1n) is 9.00. The molecule has 2 heterocycles. The number of hydrogen-bond acceptors (Lipinski definition) is 4. The van der Waals surface area contributed by atoms with Gasteiger partial charge in [0.15, 0.2) is 0 Å². The molecule has 1 aliphatic heterocycles. The predicted octanol–water partition coefficient (Wildman–Crippen LogP) is 2.95. The maximum Gasteiger partial charge on any atom is 0.405 e. The van der Waals surface area contributed by atoms with Crippen LogP contribution in [0.5, 0.6) is 5.75 Å². The monoisotopic (exact) mass is 414 g/mol. The number of hydrogen-bond donors (Lipinski definition) is 3. The molecule has 0 fully saturated rings. The third kappa shape index (κ3) is 3.71. The summed E-state index contributed by atoms with van der Waals surface area (Å²) in [6.45, 7) is 0.660. The summed E-state index contributed by atoms with van der Waals surface area (Å²) >= 11 is 6.35. The topological polar surface area (TPSA) is 108 Å². The normalized spacial score (nSPS) is 16.4. The predicted molar refractivity (Wildman–Crippen MR) is 107 cm³/mol. The Morgan fingerprint density at radius 3 is 2.86 bits per heavy atom. The van der Waals surface area contributed by atoms with Crippen molar-refractivity contribution in [1.29, 1.82) is 0 Å². The van der Waals surface area contributed by atoms with Crippen molar-refractivity contribution in [3.63, 3.8) is 0 Å². The number of halogens is 1. The highest BCUT2D eigenvalue weighted by atomic mass is 35.5. The molecule has 1 atom stereocenters. The van der Waals surface area contributed by atoms with Gasteiger partial charge in [-0.15, -0.1) is 0 Å². The third-order valence-corrected chi connectivity index (χ3v) is 5.40. The Morgan fingerprint density at radius 2 is 2.17 bits per heavy atom. The first-order valence-corrected chi connectivity index (χ1v) is 9.38. The van der Waals surface area contributed by atoms with E-state index in [0.29, 0.717) is 23.6 Å². The van der Waals surface area contributed by atoms with E-state index < -0.39 is 12.1 Å². The molecule has 0 bridgehead atoms. The second-order valence-electron chi connectivity index (χ2n) is 6.90. The summed E-state index contributed by atoms with van der Waals surface area (Å²) in [6.07, 6.45) is 0.660. The van der Waals surface area contributed by atoms with Crippen molar-refractivity contribution in [2.45, 2.75) is 25.6 Å². The quantitative estimate of drug-likeness (QED) is 0.608. The van der Waals surface area contributed by atoms with E-state index in [1.807, 2.05) is 24.3 Å². The Labute approximate surface area is 171 Å². The molecule has 0 saturated carbocycles. The Morgan fingerprint density at radius 1 is 1.41 bits per heavy atom. The number of carbonyl (C=O) groups excluding carboxylic acids is 1. The maximum atomic E-state index is 13.2. The highest BCUT2D eigenvalue weighted by molar-refractivity contribution is 6.35. The molecule has 0 aliphatic carbocycles. The van der Waals surface area contributed by atoms with E-state index in [-0.39, 0.29) is 12.3 Å². The largest absolute Gasteiger partial charge is 0.497 e. The molecule has 2 amide bonds. The van der Waals surface area contributed by atoms with E-state index >= 15 is 0 Å². The van der Waals surface area contributed by atoms with Crippen LogP contribution in [-0.4, -0.2) is 45.4 Å². The van der Waals surface area contributed by atoms with Crippen molar-refractivity contribution >= 4 is 34.5 Å². The van der Waals surface area contributed by atoms with Gasteiger partial charge in [-0.3, -0.25) is 9.89 Å². The SMILES string of the molecule is COc1ccc(CN2Cc3c(cc(Cl)c4[nH]ncc34)CC(NC(=O)O)C2=O)cc1. The van der Waals surface area contributed by atoms with Crippen molar-refractivity contribution in [3.8, 4) is 5.75 Å². The lowest BCUT2D eigenvalue weighted by molar-refractivity contribution is -0.134. The number of nitrogens with zero attached hydrogens (tertiary/aromatic N) is 2. The third-order valence-electron chi connectivity index (χ3n) is 5.10.